The van der Waals surface area contributed by atoms with Gasteiger partial charge in [0.1, 0.15) is 11.6 Å². The van der Waals surface area contributed by atoms with Crippen molar-refractivity contribution in [1.82, 2.24) is 9.66 Å². The minimum Gasteiger partial charge on any atom is -0.482 e. The van der Waals surface area contributed by atoms with E-state index in [1.54, 1.807) is 24.3 Å². The first-order valence-electron chi connectivity index (χ1n) is 11.5. The second-order valence-electron chi connectivity index (χ2n) is 8.26. The minimum absolute atomic E-state index is 0.234. The lowest BCUT2D eigenvalue weighted by Gasteiger charge is -2.13. The van der Waals surface area contributed by atoms with Gasteiger partial charge in [-0.25, -0.2) is 4.98 Å². The number of nitrogens with one attached hydrogen (secondary N) is 1. The summed E-state index contributed by atoms with van der Waals surface area (Å²) in [4.78, 5) is 30.5. The van der Waals surface area contributed by atoms with Crippen LogP contribution in [0.5, 0.6) is 5.75 Å². The molecule has 0 saturated carbocycles. The van der Waals surface area contributed by atoms with Crippen molar-refractivity contribution in [3.05, 3.63) is 95.9 Å². The fraction of sp³-hybridized carbons (Fsp3) is 0.185. The van der Waals surface area contributed by atoms with Crippen molar-refractivity contribution < 1.29 is 9.53 Å². The van der Waals surface area contributed by atoms with Gasteiger partial charge in [-0.2, -0.15) is 9.78 Å². The quantitative estimate of drug-likeness (QED) is 0.215. The molecule has 0 atom stereocenters. The molecule has 0 fully saturated rings. The van der Waals surface area contributed by atoms with Gasteiger partial charge in [0.15, 0.2) is 6.61 Å². The summed E-state index contributed by atoms with van der Waals surface area (Å²) < 4.78 is 8.48. The van der Waals surface area contributed by atoms with Crippen molar-refractivity contribution in [1.29, 1.82) is 0 Å². The van der Waals surface area contributed by atoms with Gasteiger partial charge in [-0.3, -0.25) is 9.59 Å². The zero-order valence-electron chi connectivity index (χ0n) is 20.1. The number of rotatable bonds is 8. The standard InChI is InChI=1S/C27H23Br2ClN4O3/c1-3-6-24-32-23-10-9-18(28)12-20(23)27(36)34(24)31-14-17-11-19(30)13-21(29)26(17)37-15-25(35)33-22-8-5-4-7-16(22)2/h4-5,7-14H,3,6,15H2,1-2H3,(H,33,35). The summed E-state index contributed by atoms with van der Waals surface area (Å²) >= 11 is 13.2. The number of halogens is 3. The van der Waals surface area contributed by atoms with Crippen molar-refractivity contribution in [3.63, 3.8) is 0 Å². The molecule has 1 heterocycles. The number of hydrogen-bond acceptors (Lipinski definition) is 5. The molecule has 0 spiro atoms. The molecule has 0 radical (unpaired) electrons. The molecule has 0 aliphatic rings. The Kier molecular flexibility index (Phi) is 8.79. The van der Waals surface area contributed by atoms with E-state index >= 15 is 0 Å². The average Bonchev–Trinajstić information content (AvgIpc) is 2.85. The monoisotopic (exact) mass is 644 g/mol. The van der Waals surface area contributed by atoms with Crippen LogP contribution in [0.1, 0.15) is 30.3 Å². The second kappa shape index (κ2) is 12.0. The molecule has 190 valence electrons. The lowest BCUT2D eigenvalue weighted by atomic mass is 10.2. The molecule has 0 aliphatic heterocycles. The van der Waals surface area contributed by atoms with Crippen molar-refractivity contribution in [2.45, 2.75) is 26.7 Å². The van der Waals surface area contributed by atoms with Gasteiger partial charge in [-0.1, -0.05) is 52.7 Å². The molecule has 4 aromatic rings. The Balaban J connectivity index is 1.66. The predicted molar refractivity (Wildman–Crippen MR) is 155 cm³/mol. The van der Waals surface area contributed by atoms with E-state index in [0.717, 1.165) is 16.5 Å². The van der Waals surface area contributed by atoms with Gasteiger partial charge in [0.2, 0.25) is 0 Å². The number of aromatic nitrogens is 2. The molecule has 37 heavy (non-hydrogen) atoms. The summed E-state index contributed by atoms with van der Waals surface area (Å²) in [5.74, 6) is 0.596. The van der Waals surface area contributed by atoms with Crippen LogP contribution in [0.25, 0.3) is 10.9 Å². The number of nitrogens with zero attached hydrogens (tertiary/aromatic N) is 3. The Morgan fingerprint density at radius 1 is 1.19 bits per heavy atom. The van der Waals surface area contributed by atoms with Gasteiger partial charge < -0.3 is 10.1 Å². The lowest BCUT2D eigenvalue weighted by Crippen LogP contribution is -2.23. The third kappa shape index (κ3) is 6.47. The van der Waals surface area contributed by atoms with Crippen LogP contribution in [-0.2, 0) is 11.2 Å². The molecule has 0 aliphatic carbocycles. The molecule has 3 aromatic carbocycles. The number of hydrogen-bond donors (Lipinski definition) is 1. The Hall–Kier alpha value is -3.01. The molecule has 1 amide bonds. The van der Waals surface area contributed by atoms with E-state index in [-0.39, 0.29) is 18.1 Å². The molecule has 1 aromatic heterocycles. The van der Waals surface area contributed by atoms with Crippen LogP contribution in [0.15, 0.2) is 73.4 Å². The Morgan fingerprint density at radius 2 is 1.97 bits per heavy atom. The van der Waals surface area contributed by atoms with E-state index in [0.29, 0.717) is 49.6 Å². The van der Waals surface area contributed by atoms with Crippen molar-refractivity contribution >= 4 is 72.2 Å². The number of anilines is 1. The second-order valence-corrected chi connectivity index (χ2v) is 10.5. The Bertz CT molecular complexity index is 1570. The van der Waals surface area contributed by atoms with Crippen molar-refractivity contribution in [2.24, 2.45) is 5.10 Å². The summed E-state index contributed by atoms with van der Waals surface area (Å²) in [6, 6.07) is 16.2. The molecule has 4 rings (SSSR count). The predicted octanol–water partition coefficient (Wildman–Crippen LogP) is 6.74. The number of aryl methyl sites for hydroxylation is 2. The smallest absolute Gasteiger partial charge is 0.282 e. The van der Waals surface area contributed by atoms with E-state index in [9.17, 15) is 9.59 Å². The molecule has 7 nitrogen and oxygen atoms in total. The number of carbonyl (C=O) groups is 1. The largest absolute Gasteiger partial charge is 0.482 e. The first-order chi connectivity index (χ1) is 17.8. The summed E-state index contributed by atoms with van der Waals surface area (Å²) in [6.45, 7) is 3.69. The SMILES string of the molecule is CCCc1nc2ccc(Br)cc2c(=O)n1N=Cc1cc(Cl)cc(Br)c1OCC(=O)Nc1ccccc1C. The van der Waals surface area contributed by atoms with Gasteiger partial charge in [-0.15, -0.1) is 0 Å². The van der Waals surface area contributed by atoms with Crippen LogP contribution in [0.4, 0.5) is 5.69 Å². The molecular formula is C27H23Br2ClN4O3. The molecule has 1 N–H and O–H groups in total. The first-order valence-corrected chi connectivity index (χ1v) is 13.5. The van der Waals surface area contributed by atoms with Crippen LogP contribution in [-0.4, -0.2) is 28.4 Å². The number of fused-ring (bicyclic) bond motifs is 1. The van der Waals surface area contributed by atoms with Gasteiger partial charge >= 0.3 is 0 Å². The summed E-state index contributed by atoms with van der Waals surface area (Å²) in [5, 5.41) is 8.19. The van der Waals surface area contributed by atoms with Crippen LogP contribution in [0, 0.1) is 6.92 Å². The number of para-hydroxylation sites is 1. The summed E-state index contributed by atoms with van der Waals surface area (Å²) in [5.41, 5.74) is 2.48. The van der Waals surface area contributed by atoms with Crippen LogP contribution >= 0.6 is 43.5 Å². The highest BCUT2D eigenvalue weighted by molar-refractivity contribution is 9.10. The molecular weight excluding hydrogens is 624 g/mol. The third-order valence-corrected chi connectivity index (χ3v) is 6.77. The maximum atomic E-state index is 13.3. The molecule has 0 saturated heterocycles. The summed E-state index contributed by atoms with van der Waals surface area (Å²) in [6.07, 6.45) is 2.84. The average molecular weight is 647 g/mol. The van der Waals surface area contributed by atoms with Crippen molar-refractivity contribution in [2.75, 3.05) is 11.9 Å². The van der Waals surface area contributed by atoms with E-state index < -0.39 is 0 Å². The normalized spacial score (nSPS) is 11.3. The van der Waals surface area contributed by atoms with Gasteiger partial charge in [0, 0.05) is 27.2 Å². The van der Waals surface area contributed by atoms with Gasteiger partial charge in [0.25, 0.3) is 11.5 Å². The topological polar surface area (TPSA) is 85.6 Å². The highest BCUT2D eigenvalue weighted by Gasteiger charge is 2.14. The Morgan fingerprint density at radius 3 is 2.73 bits per heavy atom. The molecule has 0 bridgehead atoms. The highest BCUT2D eigenvalue weighted by atomic mass is 79.9. The van der Waals surface area contributed by atoms with E-state index in [2.05, 4.69) is 47.3 Å². The highest BCUT2D eigenvalue weighted by Crippen LogP contribution is 2.32. The molecule has 0 unspecified atom stereocenters. The number of ether oxygens (including phenoxy) is 1. The first kappa shape index (κ1) is 27.0. The van der Waals surface area contributed by atoms with Gasteiger partial charge in [0.05, 0.1) is 21.6 Å². The van der Waals surface area contributed by atoms with Crippen LogP contribution in [0.3, 0.4) is 0 Å². The van der Waals surface area contributed by atoms with E-state index in [1.165, 1.54) is 10.9 Å². The van der Waals surface area contributed by atoms with E-state index in [1.807, 2.05) is 44.2 Å². The van der Waals surface area contributed by atoms with Crippen LogP contribution < -0.4 is 15.6 Å². The van der Waals surface area contributed by atoms with Gasteiger partial charge in [-0.05, 0) is 71.2 Å². The molecule has 10 heteroatoms. The third-order valence-electron chi connectivity index (χ3n) is 5.47. The lowest BCUT2D eigenvalue weighted by molar-refractivity contribution is -0.118. The fourth-order valence-corrected chi connectivity index (χ4v) is 4.99. The van der Waals surface area contributed by atoms with Crippen LogP contribution in [0.2, 0.25) is 5.02 Å². The zero-order valence-corrected chi connectivity index (χ0v) is 24.0. The fourth-order valence-electron chi connectivity index (χ4n) is 3.68. The summed E-state index contributed by atoms with van der Waals surface area (Å²) in [7, 11) is 0. The number of benzene rings is 3. The number of carbonyl (C=O) groups excluding carboxylic acids is 1. The van der Waals surface area contributed by atoms with Crippen molar-refractivity contribution in [3.8, 4) is 5.75 Å². The maximum absolute atomic E-state index is 13.3. The maximum Gasteiger partial charge on any atom is 0.282 e. The minimum atomic E-state index is -0.315. The zero-order chi connectivity index (χ0) is 26.5. The van der Waals surface area contributed by atoms with E-state index in [4.69, 9.17) is 16.3 Å². The number of amides is 1. The Labute approximate surface area is 235 Å².